The van der Waals surface area contributed by atoms with Crippen molar-refractivity contribution in [3.63, 3.8) is 0 Å². The van der Waals surface area contributed by atoms with Crippen LogP contribution in [-0.2, 0) is 28.4 Å². The summed E-state index contributed by atoms with van der Waals surface area (Å²) in [4.78, 5) is 68.0. The number of benzene rings is 7. The summed E-state index contributed by atoms with van der Waals surface area (Å²) in [5.74, 6) is -5.40. The Morgan fingerprint density at radius 1 is 0.477 bits per heavy atom. The molecule has 0 N–H and O–H groups in total. The van der Waals surface area contributed by atoms with Crippen molar-refractivity contribution in [2.45, 2.75) is 96.1 Å². The van der Waals surface area contributed by atoms with Gasteiger partial charge in [-0.1, -0.05) is 73.5 Å². The van der Waals surface area contributed by atoms with Gasteiger partial charge in [0.2, 0.25) is 0 Å². The van der Waals surface area contributed by atoms with E-state index in [1.807, 2.05) is 6.92 Å². The van der Waals surface area contributed by atoms with Crippen molar-refractivity contribution in [3.05, 3.63) is 219 Å². The predicted molar refractivity (Wildman–Crippen MR) is 319 cm³/mol. The van der Waals surface area contributed by atoms with Crippen molar-refractivity contribution in [2.75, 3.05) is 52.9 Å². The van der Waals surface area contributed by atoms with Gasteiger partial charge in [-0.25, -0.2) is 32.8 Å². The first kappa shape index (κ1) is 63.7. The van der Waals surface area contributed by atoms with Crippen LogP contribution in [-0.4, -0.2) is 94.4 Å². The summed E-state index contributed by atoms with van der Waals surface area (Å²) in [6, 6.07) is 39.5. The molecule has 2 heterocycles. The Bertz CT molecular complexity index is 3490. The van der Waals surface area contributed by atoms with Crippen LogP contribution in [0, 0.1) is 25.5 Å². The number of rotatable bonds is 33. The Balaban J connectivity index is 0.772. The normalized spacial score (nSPS) is 15.5. The molecule has 0 aliphatic carbocycles. The topological polar surface area (TPSA) is 193 Å². The van der Waals surface area contributed by atoms with Crippen molar-refractivity contribution in [3.8, 4) is 28.7 Å². The molecule has 2 fully saturated rings. The molecule has 2 aliphatic rings. The minimum atomic E-state index is -1.21. The minimum absolute atomic E-state index is 0.00890. The molecule has 2 aliphatic heterocycles. The van der Waals surface area contributed by atoms with Gasteiger partial charge in [-0.3, -0.25) is 0 Å². The van der Waals surface area contributed by atoms with E-state index in [1.165, 1.54) is 54.6 Å². The fraction of sp³-hybridized carbons (Fsp3) is 0.329. The molecule has 460 valence electrons. The third-order valence-corrected chi connectivity index (χ3v) is 14.5. The fourth-order valence-corrected chi connectivity index (χ4v) is 9.34. The zero-order chi connectivity index (χ0) is 61.8. The van der Waals surface area contributed by atoms with Gasteiger partial charge in [0.15, 0.2) is 12.2 Å². The Kier molecular flexibility index (Phi) is 22.6. The van der Waals surface area contributed by atoms with Crippen LogP contribution in [0.5, 0.6) is 28.7 Å². The third kappa shape index (κ3) is 18.8. The van der Waals surface area contributed by atoms with E-state index in [9.17, 15) is 24.0 Å². The van der Waals surface area contributed by atoms with Crippen molar-refractivity contribution >= 4 is 29.8 Å². The molecule has 0 spiro atoms. The van der Waals surface area contributed by atoms with Crippen LogP contribution in [0.15, 0.2) is 158 Å². The second kappa shape index (κ2) is 31.2. The lowest BCUT2D eigenvalue weighted by Gasteiger charge is -2.28. The molecule has 0 bridgehead atoms. The molecule has 9 rings (SSSR count). The molecule has 0 radical (unpaired) electrons. The van der Waals surface area contributed by atoms with Gasteiger partial charge in [-0.05, 0) is 166 Å². The highest BCUT2D eigenvalue weighted by molar-refractivity contribution is 5.95. The Hall–Kier alpha value is -8.81. The van der Waals surface area contributed by atoms with Crippen LogP contribution in [0.4, 0.5) is 8.78 Å². The molecule has 4 unspecified atom stereocenters. The summed E-state index contributed by atoms with van der Waals surface area (Å²) in [7, 11) is 0. The first-order valence-electron chi connectivity index (χ1n) is 29.4. The molecule has 7 aromatic carbocycles. The highest BCUT2D eigenvalue weighted by atomic mass is 19.1. The van der Waals surface area contributed by atoms with E-state index >= 15 is 8.78 Å². The van der Waals surface area contributed by atoms with E-state index in [-0.39, 0.29) is 57.0 Å². The second-order valence-electron chi connectivity index (χ2n) is 21.7. The molecule has 16 nitrogen and oxygen atoms in total. The Morgan fingerprint density at radius 3 is 1.35 bits per heavy atom. The lowest BCUT2D eigenvalue weighted by Crippen LogP contribution is -2.24. The van der Waals surface area contributed by atoms with Crippen LogP contribution in [0.1, 0.15) is 145 Å². The van der Waals surface area contributed by atoms with E-state index in [4.69, 9.17) is 52.1 Å². The van der Waals surface area contributed by atoms with Crippen LogP contribution >= 0.6 is 0 Å². The number of unbranched alkanes of at least 4 members (excludes halogenated alkanes) is 6. The van der Waals surface area contributed by atoms with E-state index < -0.39 is 59.3 Å². The lowest BCUT2D eigenvalue weighted by molar-refractivity contribution is -0.0389. The molecule has 7 aromatic rings. The molecular formula is C70H70F2O16. The van der Waals surface area contributed by atoms with Gasteiger partial charge in [0.05, 0.1) is 67.5 Å². The van der Waals surface area contributed by atoms with Gasteiger partial charge < -0.3 is 52.1 Å². The Labute approximate surface area is 509 Å². The molecule has 2 saturated heterocycles. The number of carbonyl (C=O) groups is 5. The number of carbonyl (C=O) groups excluding carboxylic acids is 5. The number of halogens is 2. The number of esters is 5. The monoisotopic (exact) mass is 1200 g/mol. The van der Waals surface area contributed by atoms with Gasteiger partial charge in [-0.15, -0.1) is 0 Å². The lowest BCUT2D eigenvalue weighted by atomic mass is 9.97. The van der Waals surface area contributed by atoms with Gasteiger partial charge >= 0.3 is 29.8 Å². The number of aryl methyl sites for hydroxylation is 2. The standard InChI is InChI=1S/C70H70F2O16/c1-46-38-53(85-68(76)59-32-26-52(40-61(59)71)81-37-17-7-5-15-35-79-44-70(3)45-83-70)27-30-57(46)66(74)87-63(48-18-10-8-11-19-48)64(49-20-12-9-13-21-49)88-67(75)58-31-28-54(39-47(58)2)86-69(77)60-33-29-55(41-62(60)72)84-65(73)50-22-24-51(25-23-50)80-36-16-6-4-14-34-78-42-56-43-82-56/h8-13,18-33,38-41,56,63-64H,4-7,14-17,34-37,42-45H2,1-3H3. The van der Waals surface area contributed by atoms with Gasteiger partial charge in [-0.2, -0.15) is 0 Å². The molecule has 0 amide bonds. The third-order valence-electron chi connectivity index (χ3n) is 14.5. The number of ether oxygens (including phenoxy) is 11. The number of epoxide rings is 2. The van der Waals surface area contributed by atoms with Crippen molar-refractivity contribution in [1.29, 1.82) is 0 Å². The smallest absolute Gasteiger partial charge is 0.346 e. The number of hydrogen-bond donors (Lipinski definition) is 0. The summed E-state index contributed by atoms with van der Waals surface area (Å²) >= 11 is 0. The maximum Gasteiger partial charge on any atom is 0.346 e. The molecule has 18 heteroatoms. The van der Waals surface area contributed by atoms with E-state index in [1.54, 1.807) is 98.8 Å². The highest BCUT2D eigenvalue weighted by Gasteiger charge is 2.39. The van der Waals surface area contributed by atoms with Crippen LogP contribution in [0.3, 0.4) is 0 Å². The van der Waals surface area contributed by atoms with Crippen molar-refractivity contribution in [2.24, 2.45) is 0 Å². The molecule has 88 heavy (non-hydrogen) atoms. The molecule has 0 aromatic heterocycles. The van der Waals surface area contributed by atoms with Crippen molar-refractivity contribution < 1.29 is 84.9 Å². The zero-order valence-electron chi connectivity index (χ0n) is 49.3. The second-order valence-corrected chi connectivity index (χ2v) is 21.7. The SMILES string of the molecule is Cc1cc(OC(=O)c2ccc(OCCCCCCOCC3(C)CO3)cc2F)ccc1C(=O)OC(c1ccccc1)C(OC(=O)c1ccc(OC(=O)c2ccc(OC(=O)c3ccc(OCCCCCCOCC4CO4)cc3)cc2F)cc1C)c1ccccc1. The summed E-state index contributed by atoms with van der Waals surface area (Å²) in [6.45, 7) is 10.3. The largest absolute Gasteiger partial charge is 0.494 e. The summed E-state index contributed by atoms with van der Waals surface area (Å²) < 4.78 is 92.9. The summed E-state index contributed by atoms with van der Waals surface area (Å²) in [6.07, 6.45) is 5.29. The first-order valence-corrected chi connectivity index (χ1v) is 29.4. The maximum absolute atomic E-state index is 15.4. The van der Waals surface area contributed by atoms with Gasteiger partial charge in [0.25, 0.3) is 0 Å². The average molecular weight is 1210 g/mol. The fourth-order valence-electron chi connectivity index (χ4n) is 9.34. The number of hydrogen-bond acceptors (Lipinski definition) is 16. The molecule has 4 atom stereocenters. The summed E-state index contributed by atoms with van der Waals surface area (Å²) in [5.41, 5.74) is 1.22. The van der Waals surface area contributed by atoms with Crippen molar-refractivity contribution in [1.82, 2.24) is 0 Å². The first-order chi connectivity index (χ1) is 42.7. The predicted octanol–water partition coefficient (Wildman–Crippen LogP) is 13.8. The average Bonchev–Trinajstić information content (AvgIpc) is 4.53. The van der Waals surface area contributed by atoms with E-state index in [0.29, 0.717) is 67.6 Å². The molecule has 0 saturated carbocycles. The van der Waals surface area contributed by atoms with Gasteiger partial charge in [0, 0.05) is 25.3 Å². The van der Waals surface area contributed by atoms with Gasteiger partial charge in [0.1, 0.15) is 52.1 Å². The molecular weight excluding hydrogens is 1130 g/mol. The minimum Gasteiger partial charge on any atom is -0.494 e. The quantitative estimate of drug-likeness (QED) is 0.0163. The summed E-state index contributed by atoms with van der Waals surface area (Å²) in [5, 5.41) is 0. The van der Waals surface area contributed by atoms with E-state index in [2.05, 4.69) is 0 Å². The van der Waals surface area contributed by atoms with Crippen LogP contribution < -0.4 is 23.7 Å². The highest BCUT2D eigenvalue weighted by Crippen LogP contribution is 2.38. The Morgan fingerprint density at radius 2 is 0.886 bits per heavy atom. The van der Waals surface area contributed by atoms with Crippen LogP contribution in [0.2, 0.25) is 0 Å². The van der Waals surface area contributed by atoms with E-state index in [0.717, 1.165) is 82.8 Å². The maximum atomic E-state index is 15.4. The van der Waals surface area contributed by atoms with Crippen LogP contribution in [0.25, 0.3) is 0 Å². The zero-order valence-corrected chi connectivity index (χ0v) is 49.3.